The molecule has 0 radical (unpaired) electrons. The summed E-state index contributed by atoms with van der Waals surface area (Å²) in [5.74, 6) is 0. The lowest BCUT2D eigenvalue weighted by atomic mass is 10.2. The maximum atomic E-state index is 12.3. The van der Waals surface area contributed by atoms with Gasteiger partial charge in [-0.05, 0) is 57.0 Å². The summed E-state index contributed by atoms with van der Waals surface area (Å²) >= 11 is 0. The van der Waals surface area contributed by atoms with Crippen molar-refractivity contribution >= 4 is 22.7 Å². The first-order valence-corrected chi connectivity index (χ1v) is 16.4. The normalized spacial score (nSPS) is 16.3. The molecule has 0 bridgehead atoms. The van der Waals surface area contributed by atoms with Gasteiger partial charge in [0.25, 0.3) is 0 Å². The summed E-state index contributed by atoms with van der Waals surface area (Å²) < 4.78 is 18.4. The molecule has 0 aromatic heterocycles. The number of aliphatic hydroxyl groups is 1. The minimum atomic E-state index is -2.15. The molecule has 0 rings (SSSR count). The highest BCUT2D eigenvalue weighted by atomic mass is 28.4. The van der Waals surface area contributed by atoms with Crippen LogP contribution in [0.3, 0.4) is 0 Å². The third-order valence-electron chi connectivity index (χ3n) is 6.01. The molecular formula is C21H47NO5Si2. The number of alkyl carbamates (subject to hydrolysis) is 1. The molecule has 0 aliphatic heterocycles. The number of aliphatic hydroxyl groups excluding tert-OH is 1. The zero-order valence-corrected chi connectivity index (χ0v) is 23.1. The van der Waals surface area contributed by atoms with Crippen LogP contribution in [0.15, 0.2) is 0 Å². The van der Waals surface area contributed by atoms with Crippen molar-refractivity contribution in [3.63, 3.8) is 0 Å². The molecule has 0 aromatic rings. The van der Waals surface area contributed by atoms with Crippen molar-refractivity contribution in [2.45, 2.75) is 116 Å². The van der Waals surface area contributed by atoms with Gasteiger partial charge in [-0.15, -0.1) is 0 Å². The van der Waals surface area contributed by atoms with E-state index in [0.717, 1.165) is 0 Å². The average molecular weight is 450 g/mol. The quantitative estimate of drug-likeness (QED) is 0.493. The lowest BCUT2D eigenvalue weighted by molar-refractivity contribution is 0.0262. The second-order valence-electron chi connectivity index (χ2n) is 11.9. The first-order valence-electron chi connectivity index (χ1n) is 10.5. The van der Waals surface area contributed by atoms with Crippen LogP contribution >= 0.6 is 0 Å². The fourth-order valence-electron chi connectivity index (χ4n) is 2.01. The Morgan fingerprint density at radius 1 is 0.897 bits per heavy atom. The van der Waals surface area contributed by atoms with Crippen molar-refractivity contribution in [3.8, 4) is 0 Å². The minimum absolute atomic E-state index is 0.00581. The lowest BCUT2D eigenvalue weighted by Gasteiger charge is -2.43. The Morgan fingerprint density at radius 3 is 1.69 bits per heavy atom. The molecule has 2 atom stereocenters. The van der Waals surface area contributed by atoms with Gasteiger partial charge in [0.2, 0.25) is 0 Å². The van der Waals surface area contributed by atoms with Crippen LogP contribution < -0.4 is 5.32 Å². The molecule has 0 heterocycles. The Hall–Kier alpha value is -0.416. The number of ether oxygens (including phenoxy) is 1. The molecular weight excluding hydrogens is 402 g/mol. The van der Waals surface area contributed by atoms with Crippen LogP contribution in [0.4, 0.5) is 4.79 Å². The Morgan fingerprint density at radius 2 is 1.34 bits per heavy atom. The van der Waals surface area contributed by atoms with Crippen molar-refractivity contribution in [3.05, 3.63) is 0 Å². The highest BCUT2D eigenvalue weighted by Gasteiger charge is 2.43. The van der Waals surface area contributed by atoms with Crippen molar-refractivity contribution in [1.82, 2.24) is 5.32 Å². The monoisotopic (exact) mass is 449 g/mol. The minimum Gasteiger partial charge on any atom is -0.444 e. The van der Waals surface area contributed by atoms with Gasteiger partial charge >= 0.3 is 6.09 Å². The molecule has 0 unspecified atom stereocenters. The Balaban J connectivity index is 5.61. The zero-order valence-electron chi connectivity index (χ0n) is 21.1. The molecule has 0 saturated carbocycles. The fraction of sp³-hybridized carbons (Fsp3) is 0.952. The molecule has 0 spiro atoms. The van der Waals surface area contributed by atoms with Crippen molar-refractivity contribution < 1.29 is 23.5 Å². The van der Waals surface area contributed by atoms with Gasteiger partial charge in [0.1, 0.15) is 5.60 Å². The van der Waals surface area contributed by atoms with E-state index in [1.54, 1.807) is 0 Å². The van der Waals surface area contributed by atoms with Crippen molar-refractivity contribution in [1.29, 1.82) is 0 Å². The molecule has 174 valence electrons. The van der Waals surface area contributed by atoms with Crippen LogP contribution in [0.1, 0.15) is 62.3 Å². The van der Waals surface area contributed by atoms with E-state index < -0.39 is 40.5 Å². The van der Waals surface area contributed by atoms with E-state index in [1.807, 2.05) is 20.8 Å². The van der Waals surface area contributed by atoms with Crippen molar-refractivity contribution in [2.75, 3.05) is 13.2 Å². The Kier molecular flexibility index (Phi) is 9.67. The van der Waals surface area contributed by atoms with Crippen LogP contribution in [-0.2, 0) is 13.6 Å². The SMILES string of the molecule is CC(C)(C)OC(=O)N[C@@H](CO)[C@H](CO[Si](C)(C)C(C)(C)C)O[Si](C)(C)C(C)(C)C. The largest absolute Gasteiger partial charge is 0.444 e. The van der Waals surface area contributed by atoms with Crippen LogP contribution in [0, 0.1) is 0 Å². The van der Waals surface area contributed by atoms with Gasteiger partial charge in [0.05, 0.1) is 25.4 Å². The summed E-state index contributed by atoms with van der Waals surface area (Å²) in [5.41, 5.74) is -0.614. The number of nitrogens with one attached hydrogen (secondary N) is 1. The number of rotatable bonds is 8. The number of hydrogen-bond acceptors (Lipinski definition) is 5. The molecule has 6 nitrogen and oxygen atoms in total. The molecule has 0 aliphatic carbocycles. The van der Waals surface area contributed by atoms with E-state index in [-0.39, 0.29) is 16.7 Å². The summed E-state index contributed by atoms with van der Waals surface area (Å²) in [7, 11) is -4.17. The molecule has 29 heavy (non-hydrogen) atoms. The number of carbonyl (C=O) groups is 1. The molecule has 2 N–H and O–H groups in total. The van der Waals surface area contributed by atoms with Gasteiger partial charge in [-0.1, -0.05) is 41.5 Å². The van der Waals surface area contributed by atoms with E-state index in [0.29, 0.717) is 6.61 Å². The van der Waals surface area contributed by atoms with Gasteiger partial charge in [-0.25, -0.2) is 4.79 Å². The predicted molar refractivity (Wildman–Crippen MR) is 125 cm³/mol. The molecule has 1 amide bonds. The number of carbonyl (C=O) groups excluding carboxylic acids is 1. The summed E-state index contributed by atoms with van der Waals surface area (Å²) in [6.07, 6.45) is -1.02. The summed E-state index contributed by atoms with van der Waals surface area (Å²) in [4.78, 5) is 12.3. The van der Waals surface area contributed by atoms with Crippen molar-refractivity contribution in [2.24, 2.45) is 0 Å². The number of hydrogen-bond donors (Lipinski definition) is 2. The van der Waals surface area contributed by atoms with Crippen LogP contribution in [0.2, 0.25) is 36.3 Å². The number of amides is 1. The fourth-order valence-corrected chi connectivity index (χ4v) is 4.37. The summed E-state index contributed by atoms with van der Waals surface area (Å²) in [5, 5.41) is 12.9. The first-order chi connectivity index (χ1) is 12.6. The molecule has 0 fully saturated rings. The standard InChI is InChI=1S/C21H47NO5Si2/c1-19(2,3)26-18(24)22-16(14-23)17(27-29(12,13)21(7,8)9)15-25-28(10,11)20(4,5)6/h16-17,23H,14-15H2,1-13H3,(H,22,24)/t16-,17-/m0/s1. The molecule has 0 aliphatic rings. The van der Waals surface area contributed by atoms with E-state index in [2.05, 4.69) is 73.0 Å². The average Bonchev–Trinajstić information content (AvgIpc) is 2.45. The Bertz CT molecular complexity index is 531. The highest BCUT2D eigenvalue weighted by molar-refractivity contribution is 6.74. The van der Waals surface area contributed by atoms with Gasteiger partial charge in [0, 0.05) is 0 Å². The zero-order chi connectivity index (χ0) is 23.5. The maximum Gasteiger partial charge on any atom is 0.408 e. The van der Waals surface area contributed by atoms with Gasteiger partial charge in [-0.3, -0.25) is 0 Å². The Labute approximate surface area is 181 Å². The van der Waals surface area contributed by atoms with E-state index >= 15 is 0 Å². The maximum absolute atomic E-state index is 12.3. The summed E-state index contributed by atoms with van der Waals surface area (Å²) in [6.45, 7) is 27.3. The first kappa shape index (κ1) is 28.6. The summed E-state index contributed by atoms with van der Waals surface area (Å²) in [6, 6.07) is -0.608. The third-order valence-corrected chi connectivity index (χ3v) is 15.0. The van der Waals surface area contributed by atoms with Crippen LogP contribution in [0.5, 0.6) is 0 Å². The second-order valence-corrected chi connectivity index (χ2v) is 21.5. The third kappa shape index (κ3) is 9.50. The van der Waals surface area contributed by atoms with Crippen LogP contribution in [-0.4, -0.2) is 58.8 Å². The smallest absolute Gasteiger partial charge is 0.408 e. The lowest BCUT2D eigenvalue weighted by Crippen LogP contribution is -2.56. The highest BCUT2D eigenvalue weighted by Crippen LogP contribution is 2.39. The molecule has 0 saturated heterocycles. The topological polar surface area (TPSA) is 77.0 Å². The second kappa shape index (κ2) is 9.81. The van der Waals surface area contributed by atoms with Gasteiger partial charge in [-0.2, -0.15) is 0 Å². The molecule has 8 heteroatoms. The molecule has 0 aromatic carbocycles. The van der Waals surface area contributed by atoms with Gasteiger partial charge < -0.3 is 24.0 Å². The van der Waals surface area contributed by atoms with Gasteiger partial charge in [0.15, 0.2) is 16.6 Å². The van der Waals surface area contributed by atoms with E-state index in [1.165, 1.54) is 0 Å². The van der Waals surface area contributed by atoms with E-state index in [9.17, 15) is 9.90 Å². The van der Waals surface area contributed by atoms with Crippen LogP contribution in [0.25, 0.3) is 0 Å². The van der Waals surface area contributed by atoms with E-state index in [4.69, 9.17) is 13.6 Å². The predicted octanol–water partition coefficient (Wildman–Crippen LogP) is 5.28.